The molecule has 5 aromatic rings. The molecule has 6 rings (SSSR count). The normalized spacial score (nSPS) is 22.3. The largest absolute Gasteiger partial charge is 0.390 e. The summed E-state index contributed by atoms with van der Waals surface area (Å²) in [6.45, 7) is 3.74. The lowest BCUT2D eigenvalue weighted by Crippen LogP contribution is -2.58. The van der Waals surface area contributed by atoms with E-state index >= 15 is 0 Å². The first-order chi connectivity index (χ1) is 16.2. The number of hydrogen-bond acceptors (Lipinski definition) is 5. The molecule has 0 amide bonds. The molecule has 1 aliphatic rings. The molecule has 0 spiro atoms. The molecule has 3 aromatic heterocycles. The first kappa shape index (κ1) is 20.9. The summed E-state index contributed by atoms with van der Waals surface area (Å²) in [6, 6.07) is 18.4. The van der Waals surface area contributed by atoms with Crippen LogP contribution in [0.25, 0.3) is 39.1 Å². The average Bonchev–Trinajstić information content (AvgIpc) is 3.18. The van der Waals surface area contributed by atoms with Gasteiger partial charge in [0.2, 0.25) is 0 Å². The Kier molecular flexibility index (Phi) is 4.40. The number of pyridine rings is 1. The molecule has 3 N–H and O–H groups in total. The number of benzene rings is 2. The molecule has 1 aliphatic carbocycles. The maximum atomic E-state index is 13.6. The van der Waals surface area contributed by atoms with Crippen LogP contribution in [0.3, 0.4) is 0 Å². The summed E-state index contributed by atoms with van der Waals surface area (Å²) in [5.41, 5.74) is 12.0. The molecule has 0 aliphatic heterocycles. The Bertz CT molecular complexity index is 1550. The van der Waals surface area contributed by atoms with Gasteiger partial charge in [0.15, 0.2) is 11.3 Å². The summed E-state index contributed by atoms with van der Waals surface area (Å²) in [4.78, 5) is 9.54. The predicted octanol–water partition coefficient (Wildman–Crippen LogP) is 4.76. The van der Waals surface area contributed by atoms with E-state index in [2.05, 4.69) is 10.1 Å². The molecule has 0 unspecified atom stereocenters. The molecule has 1 fully saturated rings. The lowest BCUT2D eigenvalue weighted by molar-refractivity contribution is -0.0738. The van der Waals surface area contributed by atoms with Crippen LogP contribution in [0.1, 0.15) is 31.0 Å². The number of aromatic nitrogens is 4. The van der Waals surface area contributed by atoms with Crippen molar-refractivity contribution in [2.24, 2.45) is 5.73 Å². The highest BCUT2D eigenvalue weighted by atomic mass is 19.1. The topological polar surface area (TPSA) is 89.3 Å². The molecule has 0 atom stereocenters. The molecule has 170 valence electrons. The maximum absolute atomic E-state index is 13.6. The van der Waals surface area contributed by atoms with Gasteiger partial charge >= 0.3 is 0 Å². The lowest BCUT2D eigenvalue weighted by atomic mass is 9.63. The van der Waals surface area contributed by atoms with E-state index in [9.17, 15) is 9.50 Å². The standard InChI is InChI=1S/C27H24FN5O/c1-16-11-23-30-13-19-12-22(17-5-9-21(28)10-6-17)24(31-25(19)33(23)32-16)18-3-7-20(8-4-18)27(29)14-26(2,34)15-27/h3-13,34H,14-15,29H2,1-2H3. The van der Waals surface area contributed by atoms with Gasteiger partial charge in [-0.3, -0.25) is 0 Å². The summed E-state index contributed by atoms with van der Waals surface area (Å²) < 4.78 is 15.4. The second kappa shape index (κ2) is 7.16. The molecule has 3 heterocycles. The number of rotatable bonds is 3. The molecule has 0 radical (unpaired) electrons. The summed E-state index contributed by atoms with van der Waals surface area (Å²) in [6.07, 6.45) is 2.84. The quantitative estimate of drug-likeness (QED) is 0.411. The van der Waals surface area contributed by atoms with E-state index in [0.29, 0.717) is 18.5 Å². The minimum Gasteiger partial charge on any atom is -0.390 e. The van der Waals surface area contributed by atoms with Crippen LogP contribution in [0.5, 0.6) is 0 Å². The smallest absolute Gasteiger partial charge is 0.165 e. The van der Waals surface area contributed by atoms with Gasteiger partial charge in [0.05, 0.1) is 17.0 Å². The summed E-state index contributed by atoms with van der Waals surface area (Å²) in [5, 5.41) is 15.6. The number of nitrogens with zero attached hydrogens (tertiary/aromatic N) is 4. The van der Waals surface area contributed by atoms with Crippen LogP contribution in [-0.4, -0.2) is 30.3 Å². The fourth-order valence-electron chi connectivity index (χ4n) is 5.19. The molecule has 6 nitrogen and oxygen atoms in total. The van der Waals surface area contributed by atoms with Crippen LogP contribution in [0, 0.1) is 12.7 Å². The van der Waals surface area contributed by atoms with Gasteiger partial charge in [0, 0.05) is 34.3 Å². The Balaban J connectivity index is 1.53. The maximum Gasteiger partial charge on any atom is 0.165 e. The van der Waals surface area contributed by atoms with Crippen molar-refractivity contribution in [2.75, 3.05) is 0 Å². The van der Waals surface area contributed by atoms with E-state index < -0.39 is 11.1 Å². The monoisotopic (exact) mass is 453 g/mol. The number of nitrogens with two attached hydrogens (primary N) is 1. The van der Waals surface area contributed by atoms with Crippen molar-refractivity contribution in [1.82, 2.24) is 19.6 Å². The second-order valence-corrected chi connectivity index (χ2v) is 9.70. The van der Waals surface area contributed by atoms with Crippen LogP contribution in [-0.2, 0) is 5.54 Å². The van der Waals surface area contributed by atoms with Gasteiger partial charge in [-0.25, -0.2) is 14.4 Å². The Labute approximate surface area is 195 Å². The summed E-state index contributed by atoms with van der Waals surface area (Å²) in [7, 11) is 0. The SMILES string of the molecule is Cc1cc2ncc3cc(-c4ccc(F)cc4)c(-c4ccc(C5(N)CC(C)(O)C5)cc4)nc3n2n1. The first-order valence-electron chi connectivity index (χ1n) is 11.3. The molecular weight excluding hydrogens is 429 g/mol. The average molecular weight is 454 g/mol. The number of aryl methyl sites for hydroxylation is 1. The molecule has 2 aromatic carbocycles. The highest BCUT2D eigenvalue weighted by Gasteiger charge is 2.49. The van der Waals surface area contributed by atoms with Gasteiger partial charge < -0.3 is 10.8 Å². The van der Waals surface area contributed by atoms with Gasteiger partial charge in [-0.2, -0.15) is 9.61 Å². The van der Waals surface area contributed by atoms with Gasteiger partial charge in [0.1, 0.15) is 5.82 Å². The molecular formula is C27H24FN5O. The van der Waals surface area contributed by atoms with Crippen LogP contribution >= 0.6 is 0 Å². The zero-order valence-corrected chi connectivity index (χ0v) is 19.0. The third-order valence-corrected chi connectivity index (χ3v) is 6.66. The fourth-order valence-corrected chi connectivity index (χ4v) is 5.19. The number of aliphatic hydroxyl groups is 1. The van der Waals surface area contributed by atoms with Crippen molar-refractivity contribution < 1.29 is 9.50 Å². The summed E-state index contributed by atoms with van der Waals surface area (Å²) >= 11 is 0. The van der Waals surface area contributed by atoms with Crippen LogP contribution in [0.4, 0.5) is 4.39 Å². The first-order valence-corrected chi connectivity index (χ1v) is 11.3. The van der Waals surface area contributed by atoms with E-state index in [-0.39, 0.29) is 5.82 Å². The number of halogens is 1. The Hall–Kier alpha value is -3.68. The zero-order valence-electron chi connectivity index (χ0n) is 19.0. The van der Waals surface area contributed by atoms with Crippen molar-refractivity contribution in [3.05, 3.63) is 83.9 Å². The third-order valence-electron chi connectivity index (χ3n) is 6.66. The van der Waals surface area contributed by atoms with E-state index in [1.807, 2.05) is 50.2 Å². The molecule has 0 bridgehead atoms. The van der Waals surface area contributed by atoms with E-state index in [0.717, 1.165) is 44.7 Å². The fraction of sp³-hybridized carbons (Fsp3) is 0.222. The van der Waals surface area contributed by atoms with Crippen LogP contribution in [0.15, 0.2) is 66.9 Å². The zero-order chi connectivity index (χ0) is 23.7. The van der Waals surface area contributed by atoms with Crippen molar-refractivity contribution in [2.45, 2.75) is 37.8 Å². The van der Waals surface area contributed by atoms with E-state index in [1.165, 1.54) is 12.1 Å². The second-order valence-electron chi connectivity index (χ2n) is 9.70. The number of hydrogen-bond donors (Lipinski definition) is 2. The Morgan fingerprint density at radius 1 is 1.00 bits per heavy atom. The summed E-state index contributed by atoms with van der Waals surface area (Å²) in [5.74, 6) is -0.289. The Morgan fingerprint density at radius 2 is 1.68 bits per heavy atom. The predicted molar refractivity (Wildman–Crippen MR) is 130 cm³/mol. The van der Waals surface area contributed by atoms with Gasteiger partial charge in [-0.15, -0.1) is 0 Å². The highest BCUT2D eigenvalue weighted by molar-refractivity contribution is 5.90. The van der Waals surface area contributed by atoms with Crippen molar-refractivity contribution >= 4 is 16.7 Å². The van der Waals surface area contributed by atoms with Gasteiger partial charge in [0.25, 0.3) is 0 Å². The van der Waals surface area contributed by atoms with E-state index in [1.54, 1.807) is 22.8 Å². The number of fused-ring (bicyclic) bond motifs is 3. The van der Waals surface area contributed by atoms with E-state index in [4.69, 9.17) is 10.7 Å². The minimum atomic E-state index is -0.718. The van der Waals surface area contributed by atoms with Crippen LogP contribution < -0.4 is 5.73 Å². The third kappa shape index (κ3) is 3.36. The van der Waals surface area contributed by atoms with Crippen molar-refractivity contribution in [3.63, 3.8) is 0 Å². The van der Waals surface area contributed by atoms with Gasteiger partial charge in [-0.1, -0.05) is 36.4 Å². The van der Waals surface area contributed by atoms with Gasteiger partial charge in [-0.05, 0) is 56.0 Å². The van der Waals surface area contributed by atoms with Crippen molar-refractivity contribution in [1.29, 1.82) is 0 Å². The molecule has 34 heavy (non-hydrogen) atoms. The lowest BCUT2D eigenvalue weighted by Gasteiger charge is -2.49. The molecule has 7 heteroatoms. The highest BCUT2D eigenvalue weighted by Crippen LogP contribution is 2.46. The molecule has 0 saturated heterocycles. The molecule has 1 saturated carbocycles. The van der Waals surface area contributed by atoms with Crippen molar-refractivity contribution in [3.8, 4) is 22.4 Å². The minimum absolute atomic E-state index is 0.289. The van der Waals surface area contributed by atoms with Crippen LogP contribution in [0.2, 0.25) is 0 Å². The Morgan fingerprint density at radius 3 is 2.35 bits per heavy atom.